The predicted octanol–water partition coefficient (Wildman–Crippen LogP) is 0.962. The topological polar surface area (TPSA) is 58.4 Å². The molecule has 1 amide bonds. The van der Waals surface area contributed by atoms with Crippen molar-refractivity contribution in [1.29, 1.82) is 0 Å². The highest BCUT2D eigenvalue weighted by Crippen LogP contribution is 2.10. The molecular formula is C13H27N3O. The van der Waals surface area contributed by atoms with E-state index in [1.165, 1.54) is 32.4 Å². The maximum Gasteiger partial charge on any atom is 0.236 e. The minimum Gasteiger partial charge on any atom is -0.354 e. The zero-order valence-electron chi connectivity index (χ0n) is 11.2. The molecule has 0 radical (unpaired) electrons. The average molecular weight is 241 g/mol. The van der Waals surface area contributed by atoms with Gasteiger partial charge in [-0.3, -0.25) is 4.79 Å². The number of nitrogens with zero attached hydrogens (tertiary/aromatic N) is 1. The molecule has 3 N–H and O–H groups in total. The fraction of sp³-hybridized carbons (Fsp3) is 0.923. The molecule has 0 aromatic rings. The highest BCUT2D eigenvalue weighted by Gasteiger charge is 2.15. The molecule has 0 aromatic carbocycles. The van der Waals surface area contributed by atoms with E-state index in [0.29, 0.717) is 12.3 Å². The molecule has 0 aromatic heterocycles. The molecule has 100 valence electrons. The van der Waals surface area contributed by atoms with Gasteiger partial charge < -0.3 is 16.0 Å². The number of hydrogen-bond acceptors (Lipinski definition) is 3. The zero-order valence-corrected chi connectivity index (χ0v) is 11.2. The lowest BCUT2D eigenvalue weighted by molar-refractivity contribution is -0.122. The van der Waals surface area contributed by atoms with Crippen molar-refractivity contribution in [2.45, 2.75) is 45.6 Å². The van der Waals surface area contributed by atoms with E-state index in [9.17, 15) is 4.79 Å². The normalized spacial score (nSPS) is 20.9. The minimum absolute atomic E-state index is 0.0157. The molecule has 1 heterocycles. The van der Waals surface area contributed by atoms with Crippen LogP contribution in [-0.2, 0) is 4.79 Å². The number of carbonyl (C=O) groups excluding carboxylic acids is 1. The van der Waals surface area contributed by atoms with Crippen LogP contribution >= 0.6 is 0 Å². The molecule has 17 heavy (non-hydrogen) atoms. The van der Waals surface area contributed by atoms with Crippen LogP contribution in [0.5, 0.6) is 0 Å². The van der Waals surface area contributed by atoms with Crippen molar-refractivity contribution in [3.63, 3.8) is 0 Å². The summed E-state index contributed by atoms with van der Waals surface area (Å²) >= 11 is 0. The fourth-order valence-corrected chi connectivity index (χ4v) is 2.24. The Morgan fingerprint density at radius 2 is 2.00 bits per heavy atom. The van der Waals surface area contributed by atoms with Gasteiger partial charge in [0, 0.05) is 13.1 Å². The van der Waals surface area contributed by atoms with Crippen LogP contribution in [0.2, 0.25) is 0 Å². The van der Waals surface area contributed by atoms with Gasteiger partial charge in [0.25, 0.3) is 0 Å². The van der Waals surface area contributed by atoms with Crippen molar-refractivity contribution in [2.24, 2.45) is 11.7 Å². The van der Waals surface area contributed by atoms with Gasteiger partial charge >= 0.3 is 0 Å². The first-order chi connectivity index (χ1) is 8.13. The Kier molecular flexibility index (Phi) is 6.52. The van der Waals surface area contributed by atoms with Gasteiger partial charge in [0.05, 0.1) is 6.04 Å². The van der Waals surface area contributed by atoms with Crippen molar-refractivity contribution >= 4 is 5.91 Å². The highest BCUT2D eigenvalue weighted by molar-refractivity contribution is 5.81. The quantitative estimate of drug-likeness (QED) is 0.728. The molecule has 0 bridgehead atoms. The molecule has 1 unspecified atom stereocenters. The van der Waals surface area contributed by atoms with Crippen molar-refractivity contribution < 1.29 is 4.79 Å². The van der Waals surface area contributed by atoms with E-state index in [0.717, 1.165) is 13.1 Å². The summed E-state index contributed by atoms with van der Waals surface area (Å²) in [7, 11) is 0. The molecule has 0 aliphatic carbocycles. The van der Waals surface area contributed by atoms with Gasteiger partial charge in [-0.25, -0.2) is 0 Å². The standard InChI is InChI=1S/C13H27N3O/c1-3-12(14)13(17)15-9-11(2)10-16-7-5-4-6-8-16/h11-12H,3-10,14H2,1-2H3,(H,15,17)/t11?,12-/m1/s1. The maximum absolute atomic E-state index is 11.5. The molecule has 2 atom stereocenters. The van der Waals surface area contributed by atoms with E-state index in [1.807, 2.05) is 6.92 Å². The third-order valence-corrected chi connectivity index (χ3v) is 3.42. The van der Waals surface area contributed by atoms with Crippen molar-refractivity contribution in [1.82, 2.24) is 10.2 Å². The molecule has 0 saturated carbocycles. The first-order valence-electron chi connectivity index (χ1n) is 6.89. The van der Waals surface area contributed by atoms with E-state index < -0.39 is 0 Å². The third kappa shape index (κ3) is 5.50. The Morgan fingerprint density at radius 1 is 1.35 bits per heavy atom. The van der Waals surface area contributed by atoms with E-state index in [2.05, 4.69) is 17.1 Å². The second-order valence-electron chi connectivity index (χ2n) is 5.23. The Hall–Kier alpha value is -0.610. The average Bonchev–Trinajstić information content (AvgIpc) is 2.36. The van der Waals surface area contributed by atoms with Gasteiger partial charge in [-0.2, -0.15) is 0 Å². The van der Waals surface area contributed by atoms with Crippen LogP contribution in [0.4, 0.5) is 0 Å². The minimum atomic E-state index is -0.350. The van der Waals surface area contributed by atoms with E-state index in [1.54, 1.807) is 0 Å². The van der Waals surface area contributed by atoms with Crippen LogP contribution < -0.4 is 11.1 Å². The molecule has 1 fully saturated rings. The van der Waals surface area contributed by atoms with Gasteiger partial charge in [0.1, 0.15) is 0 Å². The van der Waals surface area contributed by atoms with Crippen LogP contribution in [0.3, 0.4) is 0 Å². The van der Waals surface area contributed by atoms with Crippen LogP contribution in [0.25, 0.3) is 0 Å². The first-order valence-corrected chi connectivity index (χ1v) is 6.89. The van der Waals surface area contributed by atoms with Crippen molar-refractivity contribution in [3.05, 3.63) is 0 Å². The summed E-state index contributed by atoms with van der Waals surface area (Å²) in [5.74, 6) is 0.485. The van der Waals surface area contributed by atoms with Gasteiger partial charge in [-0.1, -0.05) is 20.3 Å². The number of rotatable bonds is 6. The number of nitrogens with one attached hydrogen (secondary N) is 1. The van der Waals surface area contributed by atoms with Gasteiger partial charge in [0.2, 0.25) is 5.91 Å². The summed E-state index contributed by atoms with van der Waals surface area (Å²) in [5, 5.41) is 2.93. The Balaban J connectivity index is 2.15. The fourth-order valence-electron chi connectivity index (χ4n) is 2.24. The van der Waals surface area contributed by atoms with Gasteiger partial charge in [-0.15, -0.1) is 0 Å². The van der Waals surface area contributed by atoms with Crippen LogP contribution in [0.15, 0.2) is 0 Å². The molecule has 1 rings (SSSR count). The third-order valence-electron chi connectivity index (χ3n) is 3.42. The molecule has 1 aliphatic heterocycles. The Bertz CT molecular complexity index is 227. The summed E-state index contributed by atoms with van der Waals surface area (Å²) < 4.78 is 0. The molecule has 1 aliphatic rings. The lowest BCUT2D eigenvalue weighted by Gasteiger charge is -2.29. The number of piperidine rings is 1. The summed E-state index contributed by atoms with van der Waals surface area (Å²) in [6, 6.07) is -0.350. The lowest BCUT2D eigenvalue weighted by Crippen LogP contribution is -2.43. The Morgan fingerprint density at radius 3 is 2.59 bits per heavy atom. The van der Waals surface area contributed by atoms with E-state index in [-0.39, 0.29) is 11.9 Å². The maximum atomic E-state index is 11.5. The molecule has 1 saturated heterocycles. The van der Waals surface area contributed by atoms with E-state index >= 15 is 0 Å². The second-order valence-corrected chi connectivity index (χ2v) is 5.23. The summed E-state index contributed by atoms with van der Waals surface area (Å²) in [6.45, 7) is 8.37. The number of likely N-dealkylation sites (tertiary alicyclic amines) is 1. The lowest BCUT2D eigenvalue weighted by atomic mass is 10.1. The highest BCUT2D eigenvalue weighted by atomic mass is 16.2. The predicted molar refractivity (Wildman–Crippen MR) is 70.7 cm³/mol. The second kappa shape index (κ2) is 7.67. The monoisotopic (exact) mass is 241 g/mol. The number of hydrogen-bond donors (Lipinski definition) is 2. The Labute approximate surface area is 105 Å². The van der Waals surface area contributed by atoms with Crippen LogP contribution in [-0.4, -0.2) is 43.0 Å². The molecule has 0 spiro atoms. The number of nitrogens with two attached hydrogens (primary N) is 1. The molecule has 4 heteroatoms. The van der Waals surface area contributed by atoms with Crippen LogP contribution in [0, 0.1) is 5.92 Å². The smallest absolute Gasteiger partial charge is 0.236 e. The molecular weight excluding hydrogens is 214 g/mol. The summed E-state index contributed by atoms with van der Waals surface area (Å²) in [4.78, 5) is 14.0. The largest absolute Gasteiger partial charge is 0.354 e. The summed E-state index contributed by atoms with van der Waals surface area (Å²) in [5.41, 5.74) is 5.66. The van der Waals surface area contributed by atoms with E-state index in [4.69, 9.17) is 5.73 Å². The van der Waals surface area contributed by atoms with Crippen molar-refractivity contribution in [3.8, 4) is 0 Å². The van der Waals surface area contributed by atoms with Crippen LogP contribution in [0.1, 0.15) is 39.5 Å². The summed E-state index contributed by atoms with van der Waals surface area (Å²) in [6.07, 6.45) is 4.71. The van der Waals surface area contributed by atoms with Crippen molar-refractivity contribution in [2.75, 3.05) is 26.2 Å². The number of amides is 1. The van der Waals surface area contributed by atoms with Gasteiger partial charge in [0.15, 0.2) is 0 Å². The zero-order chi connectivity index (χ0) is 12.7. The van der Waals surface area contributed by atoms with Gasteiger partial charge in [-0.05, 0) is 38.3 Å². The SMILES string of the molecule is CC[C@@H](N)C(=O)NCC(C)CN1CCCCC1. The first kappa shape index (κ1) is 14.5. The number of carbonyl (C=O) groups is 1. The molecule has 4 nitrogen and oxygen atoms in total.